The molecule has 0 spiro atoms. The molecule has 0 amide bonds. The molecular weight excluding hydrogens is 272 g/mol. The summed E-state index contributed by atoms with van der Waals surface area (Å²) in [5, 5.41) is 3.88. The maximum atomic E-state index is 11.6. The highest BCUT2D eigenvalue weighted by Crippen LogP contribution is 2.27. The summed E-state index contributed by atoms with van der Waals surface area (Å²) < 4.78 is 15.3. The molecule has 2 aromatic rings. The average Bonchev–Trinajstić information content (AvgIpc) is 2.92. The van der Waals surface area contributed by atoms with E-state index >= 15 is 0 Å². The Morgan fingerprint density at radius 2 is 2.10 bits per heavy atom. The third-order valence-corrected chi connectivity index (χ3v) is 3.59. The molecule has 6 heteroatoms. The molecule has 0 N–H and O–H groups in total. The molecule has 3 rings (SSSR count). The summed E-state index contributed by atoms with van der Waals surface area (Å²) in [4.78, 5) is 15.8. The normalized spacial score (nSPS) is 14.5. The molecule has 1 saturated carbocycles. The van der Waals surface area contributed by atoms with Crippen molar-refractivity contribution in [3.05, 3.63) is 30.2 Å². The first kappa shape index (κ1) is 13.6. The number of nitrogens with zero attached hydrogens (tertiary/aromatic N) is 2. The fourth-order valence-electron chi connectivity index (χ4n) is 2.07. The monoisotopic (exact) mass is 288 g/mol. The van der Waals surface area contributed by atoms with Crippen molar-refractivity contribution in [2.24, 2.45) is 5.92 Å². The van der Waals surface area contributed by atoms with Gasteiger partial charge >= 0.3 is 5.97 Å². The van der Waals surface area contributed by atoms with E-state index in [4.69, 9.17) is 14.0 Å². The van der Waals surface area contributed by atoms with Gasteiger partial charge in [0.25, 0.3) is 5.89 Å². The van der Waals surface area contributed by atoms with E-state index in [-0.39, 0.29) is 18.5 Å². The number of methoxy groups -OCH3 is 1. The van der Waals surface area contributed by atoms with Crippen LogP contribution in [0.25, 0.3) is 11.4 Å². The zero-order chi connectivity index (χ0) is 14.7. The first-order valence-electron chi connectivity index (χ1n) is 6.90. The van der Waals surface area contributed by atoms with Crippen LogP contribution in [0.15, 0.2) is 28.8 Å². The molecular formula is C15H16N2O4. The highest BCUT2D eigenvalue weighted by Gasteiger charge is 2.27. The smallest absolute Gasteiger partial charge is 0.309 e. The molecule has 1 fully saturated rings. The van der Waals surface area contributed by atoms with E-state index in [0.29, 0.717) is 11.7 Å². The topological polar surface area (TPSA) is 74.5 Å². The van der Waals surface area contributed by atoms with E-state index in [9.17, 15) is 4.79 Å². The third kappa shape index (κ3) is 3.04. The second-order valence-electron chi connectivity index (χ2n) is 4.98. The van der Waals surface area contributed by atoms with Gasteiger partial charge in [-0.15, -0.1) is 0 Å². The van der Waals surface area contributed by atoms with Crippen LogP contribution in [-0.2, 0) is 16.1 Å². The van der Waals surface area contributed by atoms with Gasteiger partial charge in [-0.3, -0.25) is 4.79 Å². The van der Waals surface area contributed by atoms with Gasteiger partial charge < -0.3 is 14.0 Å². The lowest BCUT2D eigenvalue weighted by Crippen LogP contribution is -2.23. The van der Waals surface area contributed by atoms with Crippen LogP contribution in [0.3, 0.4) is 0 Å². The Morgan fingerprint density at radius 3 is 2.71 bits per heavy atom. The standard InChI is InChI=1S/C15H16N2O4/c1-19-12-7-5-10(6-8-12)14-16-13(21-17-14)9-20-15(18)11-3-2-4-11/h5-8,11H,2-4,9H2,1H3. The van der Waals surface area contributed by atoms with Gasteiger partial charge in [0.2, 0.25) is 5.82 Å². The number of hydrogen-bond acceptors (Lipinski definition) is 6. The quantitative estimate of drug-likeness (QED) is 0.787. The lowest BCUT2D eigenvalue weighted by molar-refractivity contribution is -0.153. The van der Waals surface area contributed by atoms with Gasteiger partial charge in [-0.1, -0.05) is 11.6 Å². The molecule has 110 valence electrons. The molecule has 0 atom stereocenters. The highest BCUT2D eigenvalue weighted by atomic mass is 16.6. The van der Waals surface area contributed by atoms with E-state index in [1.807, 2.05) is 24.3 Å². The molecule has 1 aliphatic carbocycles. The minimum Gasteiger partial charge on any atom is -0.497 e. The predicted octanol–water partition coefficient (Wildman–Crippen LogP) is 2.59. The first-order valence-corrected chi connectivity index (χ1v) is 6.90. The number of ether oxygens (including phenoxy) is 2. The zero-order valence-corrected chi connectivity index (χ0v) is 11.7. The fraction of sp³-hybridized carbons (Fsp3) is 0.400. The number of aromatic nitrogens is 2. The van der Waals surface area contributed by atoms with Gasteiger partial charge in [-0.2, -0.15) is 4.98 Å². The van der Waals surface area contributed by atoms with Crippen LogP contribution in [0.2, 0.25) is 0 Å². The molecule has 1 aromatic carbocycles. The summed E-state index contributed by atoms with van der Waals surface area (Å²) >= 11 is 0. The Kier molecular flexibility index (Phi) is 3.85. The number of carbonyl (C=O) groups is 1. The molecule has 0 unspecified atom stereocenters. The minimum absolute atomic E-state index is 0.0263. The Hall–Kier alpha value is -2.37. The van der Waals surface area contributed by atoms with Crippen molar-refractivity contribution in [3.63, 3.8) is 0 Å². The van der Waals surface area contributed by atoms with Crippen molar-refractivity contribution in [1.82, 2.24) is 10.1 Å². The maximum absolute atomic E-state index is 11.6. The summed E-state index contributed by atoms with van der Waals surface area (Å²) in [7, 11) is 1.61. The molecule has 1 aliphatic rings. The zero-order valence-electron chi connectivity index (χ0n) is 11.7. The van der Waals surface area contributed by atoms with Gasteiger partial charge in [0.15, 0.2) is 6.61 Å². The van der Waals surface area contributed by atoms with Crippen molar-refractivity contribution in [2.45, 2.75) is 25.9 Å². The molecule has 0 saturated heterocycles. The van der Waals surface area contributed by atoms with Gasteiger partial charge in [-0.25, -0.2) is 0 Å². The van der Waals surface area contributed by atoms with E-state index in [1.165, 1.54) is 0 Å². The van der Waals surface area contributed by atoms with Crippen molar-refractivity contribution in [1.29, 1.82) is 0 Å². The van der Waals surface area contributed by atoms with Gasteiger partial charge in [0, 0.05) is 5.56 Å². The SMILES string of the molecule is COc1ccc(-c2noc(COC(=O)C3CCC3)n2)cc1. The van der Waals surface area contributed by atoms with Crippen LogP contribution in [0.1, 0.15) is 25.2 Å². The van der Waals surface area contributed by atoms with E-state index in [1.54, 1.807) is 7.11 Å². The largest absolute Gasteiger partial charge is 0.497 e. The van der Waals surface area contributed by atoms with Crippen molar-refractivity contribution in [2.75, 3.05) is 7.11 Å². The number of esters is 1. The van der Waals surface area contributed by atoms with Gasteiger partial charge in [0.05, 0.1) is 13.0 Å². The van der Waals surface area contributed by atoms with Crippen LogP contribution in [0, 0.1) is 5.92 Å². The fourth-order valence-corrected chi connectivity index (χ4v) is 2.07. The minimum atomic E-state index is -0.176. The van der Waals surface area contributed by atoms with Crippen molar-refractivity contribution in [3.8, 4) is 17.1 Å². The Morgan fingerprint density at radius 1 is 1.33 bits per heavy atom. The molecule has 6 nitrogen and oxygen atoms in total. The van der Waals surface area contributed by atoms with Gasteiger partial charge in [0.1, 0.15) is 5.75 Å². The molecule has 0 radical (unpaired) electrons. The summed E-state index contributed by atoms with van der Waals surface area (Å²) in [5.41, 5.74) is 0.816. The maximum Gasteiger partial charge on any atom is 0.309 e. The summed E-state index contributed by atoms with van der Waals surface area (Å²) in [6.45, 7) is 0.0263. The van der Waals surface area contributed by atoms with E-state index < -0.39 is 0 Å². The van der Waals surface area contributed by atoms with Crippen LogP contribution in [0.4, 0.5) is 0 Å². The van der Waals surface area contributed by atoms with Crippen LogP contribution in [0.5, 0.6) is 5.75 Å². The lowest BCUT2D eigenvalue weighted by Gasteiger charge is -2.22. The average molecular weight is 288 g/mol. The number of benzene rings is 1. The highest BCUT2D eigenvalue weighted by molar-refractivity contribution is 5.73. The van der Waals surface area contributed by atoms with Crippen LogP contribution < -0.4 is 4.74 Å². The molecule has 0 bridgehead atoms. The molecule has 21 heavy (non-hydrogen) atoms. The second kappa shape index (κ2) is 5.95. The molecule has 1 aromatic heterocycles. The second-order valence-corrected chi connectivity index (χ2v) is 4.98. The van der Waals surface area contributed by atoms with Gasteiger partial charge in [-0.05, 0) is 37.1 Å². The number of carbonyl (C=O) groups excluding carboxylic acids is 1. The van der Waals surface area contributed by atoms with Crippen molar-refractivity contribution < 1.29 is 18.8 Å². The first-order chi connectivity index (χ1) is 10.3. The van der Waals surface area contributed by atoms with Crippen LogP contribution in [-0.4, -0.2) is 23.2 Å². The van der Waals surface area contributed by atoms with Crippen LogP contribution >= 0.6 is 0 Å². The summed E-state index contributed by atoms with van der Waals surface area (Å²) in [6, 6.07) is 7.33. The van der Waals surface area contributed by atoms with E-state index in [2.05, 4.69) is 10.1 Å². The third-order valence-electron chi connectivity index (χ3n) is 3.59. The Balaban J connectivity index is 1.61. The summed E-state index contributed by atoms with van der Waals surface area (Å²) in [6.07, 6.45) is 2.93. The van der Waals surface area contributed by atoms with E-state index in [0.717, 1.165) is 30.6 Å². The predicted molar refractivity (Wildman–Crippen MR) is 73.4 cm³/mol. The Bertz CT molecular complexity index is 617. The molecule has 1 heterocycles. The lowest BCUT2D eigenvalue weighted by atomic mass is 9.86. The Labute approximate surface area is 122 Å². The number of hydrogen-bond donors (Lipinski definition) is 0. The number of rotatable bonds is 5. The van der Waals surface area contributed by atoms with Crippen molar-refractivity contribution >= 4 is 5.97 Å². The summed E-state index contributed by atoms with van der Waals surface area (Å²) in [5.74, 6) is 1.40. The molecule has 0 aliphatic heterocycles.